The van der Waals surface area contributed by atoms with Gasteiger partial charge in [-0.25, -0.2) is 4.98 Å². The number of rotatable bonds is 3. The molecule has 0 bridgehead atoms. The van der Waals surface area contributed by atoms with Crippen molar-refractivity contribution in [1.82, 2.24) is 15.2 Å². The lowest BCUT2D eigenvalue weighted by Gasteiger charge is -2.30. The van der Waals surface area contributed by atoms with E-state index in [9.17, 15) is 0 Å². The third-order valence-electron chi connectivity index (χ3n) is 2.84. The van der Waals surface area contributed by atoms with E-state index in [0.29, 0.717) is 0 Å². The van der Waals surface area contributed by atoms with Crippen molar-refractivity contribution in [2.24, 2.45) is 0 Å². The minimum Gasteiger partial charge on any atom is -0.317 e. The van der Waals surface area contributed by atoms with Gasteiger partial charge in [0.15, 0.2) is 0 Å². The van der Waals surface area contributed by atoms with Crippen LogP contribution in [0, 0.1) is 0 Å². The smallest absolute Gasteiger partial charge is 0.107 e. The molecule has 14 heavy (non-hydrogen) atoms. The Morgan fingerprint density at radius 1 is 1.57 bits per heavy atom. The molecule has 0 unspecified atom stereocenters. The Labute approximate surface area is 89.1 Å². The fourth-order valence-electron chi connectivity index (χ4n) is 1.90. The minimum absolute atomic E-state index is 0.725. The maximum Gasteiger partial charge on any atom is 0.107 e. The molecule has 0 aromatic carbocycles. The highest BCUT2D eigenvalue weighted by Gasteiger charge is 2.17. The van der Waals surface area contributed by atoms with Gasteiger partial charge in [-0.3, -0.25) is 4.90 Å². The Morgan fingerprint density at radius 3 is 2.93 bits per heavy atom. The van der Waals surface area contributed by atoms with Crippen LogP contribution in [0.15, 0.2) is 11.6 Å². The summed E-state index contributed by atoms with van der Waals surface area (Å²) in [6, 6.07) is 0.725. The molecule has 1 aromatic rings. The molecule has 1 aliphatic heterocycles. The molecule has 1 N–H and O–H groups in total. The average molecular weight is 211 g/mol. The summed E-state index contributed by atoms with van der Waals surface area (Å²) >= 11 is 1.75. The molecule has 1 aromatic heterocycles. The molecule has 2 heterocycles. The van der Waals surface area contributed by atoms with Crippen molar-refractivity contribution in [2.45, 2.75) is 25.4 Å². The zero-order valence-corrected chi connectivity index (χ0v) is 9.39. The fourth-order valence-corrected chi connectivity index (χ4v) is 2.56. The molecule has 0 amide bonds. The first-order valence-corrected chi connectivity index (χ1v) is 6.04. The van der Waals surface area contributed by atoms with Crippen LogP contribution in [0.4, 0.5) is 0 Å². The van der Waals surface area contributed by atoms with E-state index in [2.05, 4.69) is 27.6 Å². The second kappa shape index (κ2) is 4.87. The van der Waals surface area contributed by atoms with Crippen LogP contribution in [0.2, 0.25) is 0 Å². The van der Waals surface area contributed by atoms with E-state index in [1.54, 1.807) is 11.3 Å². The van der Waals surface area contributed by atoms with Crippen LogP contribution < -0.4 is 5.32 Å². The molecular weight excluding hydrogens is 194 g/mol. The summed E-state index contributed by atoms with van der Waals surface area (Å²) < 4.78 is 0. The van der Waals surface area contributed by atoms with Gasteiger partial charge in [-0.15, -0.1) is 11.3 Å². The highest BCUT2D eigenvalue weighted by Crippen LogP contribution is 2.14. The van der Waals surface area contributed by atoms with Gasteiger partial charge < -0.3 is 5.32 Å². The Bertz CT molecular complexity index is 252. The largest absolute Gasteiger partial charge is 0.317 e. The van der Waals surface area contributed by atoms with Gasteiger partial charge in [0.05, 0.1) is 6.54 Å². The van der Waals surface area contributed by atoms with Gasteiger partial charge >= 0.3 is 0 Å². The lowest BCUT2D eigenvalue weighted by atomic mass is 10.1. The molecule has 0 atom stereocenters. The van der Waals surface area contributed by atoms with E-state index < -0.39 is 0 Å². The topological polar surface area (TPSA) is 28.2 Å². The highest BCUT2D eigenvalue weighted by atomic mass is 32.1. The van der Waals surface area contributed by atoms with Crippen LogP contribution in [-0.4, -0.2) is 36.1 Å². The Kier molecular flexibility index (Phi) is 3.50. The van der Waals surface area contributed by atoms with Crippen LogP contribution in [0.3, 0.4) is 0 Å². The van der Waals surface area contributed by atoms with E-state index >= 15 is 0 Å². The summed E-state index contributed by atoms with van der Waals surface area (Å²) in [5, 5.41) is 6.64. The second-order valence-corrected chi connectivity index (χ2v) is 4.74. The number of hydrogen-bond acceptors (Lipinski definition) is 4. The number of nitrogens with one attached hydrogen (secondary N) is 1. The number of piperidine rings is 1. The maximum absolute atomic E-state index is 4.31. The van der Waals surface area contributed by atoms with Crippen LogP contribution in [0.1, 0.15) is 17.8 Å². The van der Waals surface area contributed by atoms with E-state index in [0.717, 1.165) is 12.6 Å². The molecule has 2 rings (SSSR count). The molecule has 4 heteroatoms. The Balaban J connectivity index is 1.79. The van der Waals surface area contributed by atoms with E-state index in [-0.39, 0.29) is 0 Å². The van der Waals surface area contributed by atoms with Crippen molar-refractivity contribution < 1.29 is 0 Å². The van der Waals surface area contributed by atoms with Gasteiger partial charge in [-0.2, -0.15) is 0 Å². The first kappa shape index (κ1) is 10.1. The first-order chi connectivity index (χ1) is 6.88. The van der Waals surface area contributed by atoms with Gasteiger partial charge in [0.1, 0.15) is 5.01 Å². The lowest BCUT2D eigenvalue weighted by Crippen LogP contribution is -2.40. The van der Waals surface area contributed by atoms with Gasteiger partial charge in [0, 0.05) is 30.7 Å². The monoisotopic (exact) mass is 211 g/mol. The number of thiazole rings is 1. The van der Waals surface area contributed by atoms with Crippen LogP contribution in [0.5, 0.6) is 0 Å². The van der Waals surface area contributed by atoms with Gasteiger partial charge in [0.25, 0.3) is 0 Å². The molecule has 1 saturated heterocycles. The van der Waals surface area contributed by atoms with Gasteiger partial charge in [-0.05, 0) is 19.9 Å². The van der Waals surface area contributed by atoms with Gasteiger partial charge in [0.2, 0.25) is 0 Å². The number of likely N-dealkylation sites (tertiary alicyclic amines) is 1. The number of hydrogen-bond donors (Lipinski definition) is 1. The molecule has 0 spiro atoms. The fraction of sp³-hybridized carbons (Fsp3) is 0.700. The van der Waals surface area contributed by atoms with Crippen LogP contribution in [0.25, 0.3) is 0 Å². The molecule has 78 valence electrons. The maximum atomic E-state index is 4.31. The molecule has 1 fully saturated rings. The molecule has 1 aliphatic rings. The highest BCUT2D eigenvalue weighted by molar-refractivity contribution is 7.09. The predicted octanol–water partition coefficient (Wildman–Crippen LogP) is 1.33. The predicted molar refractivity (Wildman–Crippen MR) is 59.5 cm³/mol. The molecule has 0 aliphatic carbocycles. The Morgan fingerprint density at radius 2 is 2.36 bits per heavy atom. The summed E-state index contributed by atoms with van der Waals surface area (Å²) in [7, 11) is 2.06. The zero-order chi connectivity index (χ0) is 9.80. The average Bonchev–Trinajstić information content (AvgIpc) is 2.72. The van der Waals surface area contributed by atoms with E-state index in [4.69, 9.17) is 0 Å². The lowest BCUT2D eigenvalue weighted by molar-refractivity contribution is 0.194. The van der Waals surface area contributed by atoms with Crippen molar-refractivity contribution >= 4 is 11.3 Å². The molecule has 3 nitrogen and oxygen atoms in total. The second-order valence-electron chi connectivity index (χ2n) is 3.76. The van der Waals surface area contributed by atoms with Crippen molar-refractivity contribution in [3.63, 3.8) is 0 Å². The third kappa shape index (κ3) is 2.53. The summed E-state index contributed by atoms with van der Waals surface area (Å²) in [6.07, 6.45) is 4.42. The van der Waals surface area contributed by atoms with Crippen molar-refractivity contribution in [3.05, 3.63) is 16.6 Å². The first-order valence-electron chi connectivity index (χ1n) is 5.16. The number of nitrogens with zero attached hydrogens (tertiary/aromatic N) is 2. The normalized spacial score (nSPS) is 20.1. The summed E-state index contributed by atoms with van der Waals surface area (Å²) in [5.74, 6) is 0. The van der Waals surface area contributed by atoms with Crippen molar-refractivity contribution in [1.29, 1.82) is 0 Å². The SMILES string of the molecule is CNC1CCN(Cc2nccs2)CC1. The zero-order valence-electron chi connectivity index (χ0n) is 8.57. The van der Waals surface area contributed by atoms with E-state index in [1.807, 2.05) is 6.20 Å². The van der Waals surface area contributed by atoms with Crippen LogP contribution >= 0.6 is 11.3 Å². The number of aromatic nitrogens is 1. The standard InChI is InChI=1S/C10H17N3S/c1-11-9-2-5-13(6-3-9)8-10-12-4-7-14-10/h4,7,9,11H,2-3,5-6,8H2,1H3. The Hall–Kier alpha value is -0.450. The minimum atomic E-state index is 0.725. The molecular formula is C10H17N3S. The third-order valence-corrected chi connectivity index (χ3v) is 3.60. The molecule has 0 saturated carbocycles. The quantitative estimate of drug-likeness (QED) is 0.817. The summed E-state index contributed by atoms with van der Waals surface area (Å²) in [6.45, 7) is 3.43. The van der Waals surface area contributed by atoms with Crippen molar-refractivity contribution in [3.8, 4) is 0 Å². The van der Waals surface area contributed by atoms with E-state index in [1.165, 1.54) is 30.9 Å². The van der Waals surface area contributed by atoms with Crippen LogP contribution in [-0.2, 0) is 6.54 Å². The summed E-state index contributed by atoms with van der Waals surface area (Å²) in [5.41, 5.74) is 0. The van der Waals surface area contributed by atoms with Crippen molar-refractivity contribution in [2.75, 3.05) is 20.1 Å². The van der Waals surface area contributed by atoms with Gasteiger partial charge in [-0.1, -0.05) is 0 Å². The molecule has 0 radical (unpaired) electrons. The summed E-state index contributed by atoms with van der Waals surface area (Å²) in [4.78, 5) is 6.80.